The van der Waals surface area contributed by atoms with Crippen LogP contribution < -0.4 is 9.47 Å². The molecule has 6 nitrogen and oxygen atoms in total. The first-order chi connectivity index (χ1) is 15.0. The summed E-state index contributed by atoms with van der Waals surface area (Å²) in [5, 5.41) is 0. The topological polar surface area (TPSA) is 54.1 Å². The molecule has 0 radical (unpaired) electrons. The standard InChI is InChI=1S/C25H24N4O2/c1-14-7-18(9-21-20(14)5-6-28-11-16(3)26-24(21)28)31-19-8-15(2)23-22(10-19)25-27-17(4)12-29(25)13-30-23/h7-12H,5-6,13H2,1-4H3. The Labute approximate surface area is 181 Å². The lowest BCUT2D eigenvalue weighted by Crippen LogP contribution is -2.13. The molecule has 0 saturated carbocycles. The van der Waals surface area contributed by atoms with Crippen molar-refractivity contribution in [3.8, 4) is 40.0 Å². The quantitative estimate of drug-likeness (QED) is 0.446. The highest BCUT2D eigenvalue weighted by Crippen LogP contribution is 2.41. The summed E-state index contributed by atoms with van der Waals surface area (Å²) < 4.78 is 16.7. The zero-order valence-electron chi connectivity index (χ0n) is 18.2. The molecule has 0 aliphatic carbocycles. The van der Waals surface area contributed by atoms with Crippen molar-refractivity contribution in [3.05, 3.63) is 64.7 Å². The summed E-state index contributed by atoms with van der Waals surface area (Å²) >= 11 is 0. The molecule has 2 aliphatic heterocycles. The molecule has 0 spiro atoms. The van der Waals surface area contributed by atoms with Crippen molar-refractivity contribution in [1.82, 2.24) is 19.1 Å². The van der Waals surface area contributed by atoms with Crippen LogP contribution in [0.1, 0.15) is 28.1 Å². The van der Waals surface area contributed by atoms with Crippen LogP contribution in [0.25, 0.3) is 22.8 Å². The van der Waals surface area contributed by atoms with Gasteiger partial charge in [-0.05, 0) is 75.1 Å². The zero-order valence-corrected chi connectivity index (χ0v) is 18.2. The van der Waals surface area contributed by atoms with Crippen molar-refractivity contribution in [2.45, 2.75) is 47.4 Å². The molecule has 6 rings (SSSR count). The van der Waals surface area contributed by atoms with E-state index in [0.29, 0.717) is 6.73 Å². The van der Waals surface area contributed by atoms with Gasteiger partial charge in [-0.3, -0.25) is 4.57 Å². The number of nitrogens with zero attached hydrogens (tertiary/aromatic N) is 4. The van der Waals surface area contributed by atoms with Gasteiger partial charge < -0.3 is 14.0 Å². The summed E-state index contributed by atoms with van der Waals surface area (Å²) in [6.45, 7) is 9.71. The lowest BCUT2D eigenvalue weighted by atomic mass is 9.95. The summed E-state index contributed by atoms with van der Waals surface area (Å²) in [5.74, 6) is 4.43. The molecule has 2 aromatic carbocycles. The van der Waals surface area contributed by atoms with Crippen molar-refractivity contribution in [1.29, 1.82) is 0 Å². The molecule has 0 N–H and O–H groups in total. The second-order valence-electron chi connectivity index (χ2n) is 8.58. The van der Waals surface area contributed by atoms with Gasteiger partial charge in [0.1, 0.15) is 28.9 Å². The summed E-state index contributed by atoms with van der Waals surface area (Å²) in [5.41, 5.74) is 7.80. The number of benzene rings is 2. The van der Waals surface area contributed by atoms with Crippen LogP contribution in [0.4, 0.5) is 0 Å². The minimum absolute atomic E-state index is 0.486. The zero-order chi connectivity index (χ0) is 21.3. The summed E-state index contributed by atoms with van der Waals surface area (Å²) in [6.07, 6.45) is 5.15. The number of aromatic nitrogens is 4. The first-order valence-electron chi connectivity index (χ1n) is 10.6. The van der Waals surface area contributed by atoms with Crippen LogP contribution in [0.2, 0.25) is 0 Å². The minimum atomic E-state index is 0.486. The van der Waals surface area contributed by atoms with Gasteiger partial charge in [-0.2, -0.15) is 0 Å². The molecule has 0 saturated heterocycles. The van der Waals surface area contributed by atoms with Crippen molar-refractivity contribution in [2.24, 2.45) is 0 Å². The second-order valence-corrected chi connectivity index (χ2v) is 8.58. The largest absolute Gasteiger partial charge is 0.472 e. The first kappa shape index (κ1) is 18.2. The van der Waals surface area contributed by atoms with E-state index in [1.165, 1.54) is 16.7 Å². The van der Waals surface area contributed by atoms with Crippen molar-refractivity contribution in [3.63, 3.8) is 0 Å². The molecule has 31 heavy (non-hydrogen) atoms. The minimum Gasteiger partial charge on any atom is -0.472 e. The number of aryl methyl sites for hydroxylation is 5. The third-order valence-electron chi connectivity index (χ3n) is 6.16. The fourth-order valence-corrected chi connectivity index (χ4v) is 4.83. The molecule has 156 valence electrons. The fourth-order valence-electron chi connectivity index (χ4n) is 4.83. The monoisotopic (exact) mass is 412 g/mol. The van der Waals surface area contributed by atoms with Crippen molar-refractivity contribution >= 4 is 0 Å². The molecule has 0 amide bonds. The van der Waals surface area contributed by atoms with E-state index in [2.05, 4.69) is 36.7 Å². The molecular weight excluding hydrogens is 388 g/mol. The van der Waals surface area contributed by atoms with Crippen LogP contribution in [0, 0.1) is 27.7 Å². The van der Waals surface area contributed by atoms with Gasteiger partial charge in [0, 0.05) is 24.5 Å². The summed E-state index contributed by atoms with van der Waals surface area (Å²) in [7, 11) is 0. The second kappa shape index (κ2) is 6.48. The maximum absolute atomic E-state index is 6.39. The average molecular weight is 412 g/mol. The number of ether oxygens (including phenoxy) is 2. The average Bonchev–Trinajstić information content (AvgIpc) is 3.29. The Morgan fingerprint density at radius 3 is 2.23 bits per heavy atom. The van der Waals surface area contributed by atoms with E-state index < -0.39 is 0 Å². The maximum atomic E-state index is 6.39. The van der Waals surface area contributed by atoms with Gasteiger partial charge in [0.05, 0.1) is 17.0 Å². The normalized spacial score (nSPS) is 13.7. The van der Waals surface area contributed by atoms with E-state index in [1.807, 2.05) is 36.7 Å². The van der Waals surface area contributed by atoms with E-state index in [4.69, 9.17) is 19.4 Å². The van der Waals surface area contributed by atoms with E-state index in [1.54, 1.807) is 0 Å². The molecule has 0 fully saturated rings. The molecule has 2 aliphatic rings. The number of hydrogen-bond acceptors (Lipinski definition) is 4. The van der Waals surface area contributed by atoms with Crippen LogP contribution in [-0.2, 0) is 19.7 Å². The molecule has 0 bridgehead atoms. The Kier molecular flexibility index (Phi) is 3.81. The van der Waals surface area contributed by atoms with Crippen LogP contribution in [-0.4, -0.2) is 19.1 Å². The predicted molar refractivity (Wildman–Crippen MR) is 119 cm³/mol. The lowest BCUT2D eigenvalue weighted by Gasteiger charge is -2.23. The molecule has 2 aromatic heterocycles. The van der Waals surface area contributed by atoms with E-state index in [0.717, 1.165) is 64.4 Å². The highest BCUT2D eigenvalue weighted by molar-refractivity contribution is 5.71. The SMILES string of the molecule is Cc1cn2c(n1)-c1cc(Oc3cc(C)c4c(c3)-c3nc(C)cn3CO4)cc(C)c1CC2. The third-order valence-corrected chi connectivity index (χ3v) is 6.16. The Balaban J connectivity index is 1.42. The molecule has 0 atom stereocenters. The smallest absolute Gasteiger partial charge is 0.166 e. The van der Waals surface area contributed by atoms with E-state index >= 15 is 0 Å². The summed E-state index contributed by atoms with van der Waals surface area (Å²) in [6, 6.07) is 8.31. The number of hydrogen-bond donors (Lipinski definition) is 0. The highest BCUT2D eigenvalue weighted by Gasteiger charge is 2.24. The van der Waals surface area contributed by atoms with Crippen molar-refractivity contribution < 1.29 is 9.47 Å². The van der Waals surface area contributed by atoms with Gasteiger partial charge in [-0.15, -0.1) is 0 Å². The van der Waals surface area contributed by atoms with Crippen LogP contribution >= 0.6 is 0 Å². The summed E-state index contributed by atoms with van der Waals surface area (Å²) in [4.78, 5) is 9.46. The third kappa shape index (κ3) is 2.86. The lowest BCUT2D eigenvalue weighted by molar-refractivity contribution is 0.228. The van der Waals surface area contributed by atoms with Crippen LogP contribution in [0.3, 0.4) is 0 Å². The molecule has 6 heteroatoms. The van der Waals surface area contributed by atoms with Crippen LogP contribution in [0.15, 0.2) is 36.7 Å². The number of fused-ring (bicyclic) bond motifs is 6. The molecule has 4 aromatic rings. The molecule has 4 heterocycles. The Morgan fingerprint density at radius 2 is 1.45 bits per heavy atom. The van der Waals surface area contributed by atoms with Gasteiger partial charge in [-0.1, -0.05) is 0 Å². The fraction of sp³-hybridized carbons (Fsp3) is 0.280. The first-order valence-corrected chi connectivity index (χ1v) is 10.6. The van der Waals surface area contributed by atoms with Gasteiger partial charge in [0.2, 0.25) is 0 Å². The Morgan fingerprint density at radius 1 is 0.806 bits per heavy atom. The van der Waals surface area contributed by atoms with E-state index in [9.17, 15) is 0 Å². The Hall–Kier alpha value is -3.54. The highest BCUT2D eigenvalue weighted by atomic mass is 16.5. The van der Waals surface area contributed by atoms with E-state index in [-0.39, 0.29) is 0 Å². The number of imidazole rings is 2. The molecule has 0 unspecified atom stereocenters. The predicted octanol–water partition coefficient (Wildman–Crippen LogP) is 5.35. The van der Waals surface area contributed by atoms with Gasteiger partial charge in [0.15, 0.2) is 6.73 Å². The number of rotatable bonds is 2. The molecular formula is C25H24N4O2. The Bertz CT molecular complexity index is 1260. The van der Waals surface area contributed by atoms with Gasteiger partial charge >= 0.3 is 0 Å². The van der Waals surface area contributed by atoms with Crippen LogP contribution in [0.5, 0.6) is 17.2 Å². The van der Waals surface area contributed by atoms with Crippen molar-refractivity contribution in [2.75, 3.05) is 0 Å². The van der Waals surface area contributed by atoms with Gasteiger partial charge in [-0.25, -0.2) is 9.97 Å². The van der Waals surface area contributed by atoms with Gasteiger partial charge in [0.25, 0.3) is 0 Å². The maximum Gasteiger partial charge on any atom is 0.166 e.